The van der Waals surface area contributed by atoms with Crippen LogP contribution in [0, 0.1) is 0 Å². The van der Waals surface area contributed by atoms with Gasteiger partial charge >= 0.3 is 0 Å². The molecule has 1 rings (SSSR count). The van der Waals surface area contributed by atoms with Crippen molar-refractivity contribution in [1.82, 2.24) is 10.2 Å². The van der Waals surface area contributed by atoms with Crippen LogP contribution >= 0.6 is 15.9 Å². The van der Waals surface area contributed by atoms with E-state index in [1.165, 1.54) is 5.56 Å². The van der Waals surface area contributed by atoms with Crippen LogP contribution in [0.25, 0.3) is 0 Å². The Kier molecular flexibility index (Phi) is 7.51. The standard InChI is InChI=1S/C14H23BrN2O/c1-12(13-4-6-14(15)7-5-13)16-8-10-18-11-9-17(2)3/h4-7,12,16H,8-11H2,1-3H3. The molecule has 0 aliphatic carbocycles. The molecule has 1 N–H and O–H groups in total. The average Bonchev–Trinajstić information content (AvgIpc) is 2.34. The summed E-state index contributed by atoms with van der Waals surface area (Å²) in [6, 6.07) is 8.77. The van der Waals surface area contributed by atoms with Crippen molar-refractivity contribution in [2.75, 3.05) is 40.4 Å². The van der Waals surface area contributed by atoms with Crippen LogP contribution in [-0.2, 0) is 4.74 Å². The van der Waals surface area contributed by atoms with Gasteiger partial charge in [0.2, 0.25) is 0 Å². The summed E-state index contributed by atoms with van der Waals surface area (Å²) in [7, 11) is 4.11. The lowest BCUT2D eigenvalue weighted by atomic mass is 10.1. The van der Waals surface area contributed by atoms with E-state index in [-0.39, 0.29) is 0 Å². The first-order valence-corrected chi connectivity index (χ1v) is 7.10. The highest BCUT2D eigenvalue weighted by Gasteiger charge is 2.03. The third-order valence-corrected chi connectivity index (χ3v) is 3.28. The van der Waals surface area contributed by atoms with Crippen LogP contribution in [0.15, 0.2) is 28.7 Å². The Labute approximate surface area is 119 Å². The van der Waals surface area contributed by atoms with E-state index in [9.17, 15) is 0 Å². The average molecular weight is 315 g/mol. The first-order chi connectivity index (χ1) is 8.59. The highest BCUT2D eigenvalue weighted by Crippen LogP contribution is 2.16. The van der Waals surface area contributed by atoms with Gasteiger partial charge in [0.05, 0.1) is 13.2 Å². The molecule has 1 atom stereocenters. The highest BCUT2D eigenvalue weighted by atomic mass is 79.9. The molecule has 0 saturated carbocycles. The molecule has 0 heterocycles. The molecule has 102 valence electrons. The van der Waals surface area contributed by atoms with Crippen molar-refractivity contribution in [3.63, 3.8) is 0 Å². The molecule has 0 aliphatic rings. The van der Waals surface area contributed by atoms with Crippen LogP contribution in [0.3, 0.4) is 0 Å². The Balaban J connectivity index is 2.13. The number of nitrogens with zero attached hydrogens (tertiary/aromatic N) is 1. The summed E-state index contributed by atoms with van der Waals surface area (Å²) in [4.78, 5) is 2.12. The molecular formula is C14H23BrN2O. The molecule has 0 aliphatic heterocycles. The molecule has 0 amide bonds. The number of halogens is 1. The molecule has 0 aromatic heterocycles. The smallest absolute Gasteiger partial charge is 0.0593 e. The fourth-order valence-corrected chi connectivity index (χ4v) is 1.83. The van der Waals surface area contributed by atoms with E-state index in [4.69, 9.17) is 4.74 Å². The minimum absolute atomic E-state index is 0.357. The van der Waals surface area contributed by atoms with Gasteiger partial charge in [-0.2, -0.15) is 0 Å². The van der Waals surface area contributed by atoms with Crippen molar-refractivity contribution in [3.05, 3.63) is 34.3 Å². The summed E-state index contributed by atoms with van der Waals surface area (Å²) >= 11 is 3.44. The van der Waals surface area contributed by atoms with Crippen molar-refractivity contribution in [1.29, 1.82) is 0 Å². The van der Waals surface area contributed by atoms with Crippen LogP contribution in [0.4, 0.5) is 0 Å². The number of nitrogens with one attached hydrogen (secondary N) is 1. The van der Waals surface area contributed by atoms with Crippen molar-refractivity contribution in [2.45, 2.75) is 13.0 Å². The van der Waals surface area contributed by atoms with Crippen LogP contribution in [0.2, 0.25) is 0 Å². The molecule has 3 nitrogen and oxygen atoms in total. The molecule has 0 bridgehead atoms. The number of ether oxygens (including phenoxy) is 1. The lowest BCUT2D eigenvalue weighted by molar-refractivity contribution is 0.118. The van der Waals surface area contributed by atoms with Crippen LogP contribution < -0.4 is 5.32 Å². The quantitative estimate of drug-likeness (QED) is 0.747. The van der Waals surface area contributed by atoms with Gasteiger partial charge in [-0.25, -0.2) is 0 Å². The maximum absolute atomic E-state index is 5.54. The summed E-state index contributed by atoms with van der Waals surface area (Å²) in [5.41, 5.74) is 1.30. The van der Waals surface area contributed by atoms with Gasteiger partial charge in [-0.3, -0.25) is 0 Å². The second kappa shape index (κ2) is 8.64. The van der Waals surface area contributed by atoms with E-state index in [2.05, 4.69) is 71.4 Å². The largest absolute Gasteiger partial charge is 0.379 e. The van der Waals surface area contributed by atoms with E-state index in [0.29, 0.717) is 6.04 Å². The number of benzene rings is 1. The summed E-state index contributed by atoms with van der Waals surface area (Å²) in [6.45, 7) is 5.58. The van der Waals surface area contributed by atoms with Gasteiger partial charge in [-0.05, 0) is 38.7 Å². The van der Waals surface area contributed by atoms with Gasteiger partial charge in [-0.15, -0.1) is 0 Å². The fraction of sp³-hybridized carbons (Fsp3) is 0.571. The van der Waals surface area contributed by atoms with Crippen LogP contribution in [-0.4, -0.2) is 45.3 Å². The van der Waals surface area contributed by atoms with E-state index in [1.54, 1.807) is 0 Å². The zero-order valence-corrected chi connectivity index (χ0v) is 13.0. The number of hydrogen-bond acceptors (Lipinski definition) is 3. The van der Waals surface area contributed by atoms with Crippen molar-refractivity contribution < 1.29 is 4.74 Å². The molecule has 1 aromatic rings. The van der Waals surface area contributed by atoms with E-state index in [0.717, 1.165) is 30.8 Å². The molecule has 1 unspecified atom stereocenters. The molecule has 18 heavy (non-hydrogen) atoms. The van der Waals surface area contributed by atoms with Crippen molar-refractivity contribution in [2.24, 2.45) is 0 Å². The Bertz CT molecular complexity index is 327. The first-order valence-electron chi connectivity index (χ1n) is 6.31. The summed E-state index contributed by atoms with van der Waals surface area (Å²) < 4.78 is 6.65. The first kappa shape index (κ1) is 15.6. The second-order valence-corrected chi connectivity index (χ2v) is 5.56. The predicted octanol–water partition coefficient (Wildman–Crippen LogP) is 2.68. The van der Waals surface area contributed by atoms with Crippen LogP contribution in [0.1, 0.15) is 18.5 Å². The topological polar surface area (TPSA) is 24.5 Å². The molecule has 4 heteroatoms. The van der Waals surface area contributed by atoms with Crippen LogP contribution in [0.5, 0.6) is 0 Å². The van der Waals surface area contributed by atoms with Gasteiger partial charge in [0.15, 0.2) is 0 Å². The fourth-order valence-electron chi connectivity index (χ4n) is 1.57. The molecule has 1 aromatic carbocycles. The molecule has 0 saturated heterocycles. The number of rotatable bonds is 8. The molecule has 0 radical (unpaired) electrons. The third kappa shape index (κ3) is 6.50. The van der Waals surface area contributed by atoms with Crippen molar-refractivity contribution in [3.8, 4) is 0 Å². The Morgan fingerprint density at radius 3 is 2.50 bits per heavy atom. The minimum Gasteiger partial charge on any atom is -0.379 e. The SMILES string of the molecule is CC(NCCOCCN(C)C)c1ccc(Br)cc1. The Hall–Kier alpha value is -0.420. The minimum atomic E-state index is 0.357. The lowest BCUT2D eigenvalue weighted by Crippen LogP contribution is -2.25. The molecular weight excluding hydrogens is 292 g/mol. The van der Waals surface area contributed by atoms with Gasteiger partial charge in [0.1, 0.15) is 0 Å². The Morgan fingerprint density at radius 1 is 1.22 bits per heavy atom. The Morgan fingerprint density at radius 2 is 1.89 bits per heavy atom. The van der Waals surface area contributed by atoms with Gasteiger partial charge in [0.25, 0.3) is 0 Å². The number of hydrogen-bond donors (Lipinski definition) is 1. The highest BCUT2D eigenvalue weighted by molar-refractivity contribution is 9.10. The van der Waals surface area contributed by atoms with E-state index < -0.39 is 0 Å². The second-order valence-electron chi connectivity index (χ2n) is 4.64. The predicted molar refractivity (Wildman–Crippen MR) is 79.9 cm³/mol. The third-order valence-electron chi connectivity index (χ3n) is 2.75. The summed E-state index contributed by atoms with van der Waals surface area (Å²) in [5, 5.41) is 3.45. The van der Waals surface area contributed by atoms with Gasteiger partial charge in [-0.1, -0.05) is 28.1 Å². The maximum atomic E-state index is 5.54. The zero-order valence-electron chi connectivity index (χ0n) is 11.4. The maximum Gasteiger partial charge on any atom is 0.0593 e. The van der Waals surface area contributed by atoms with E-state index in [1.807, 2.05) is 0 Å². The molecule has 0 spiro atoms. The normalized spacial score (nSPS) is 12.9. The zero-order chi connectivity index (χ0) is 13.4. The van der Waals surface area contributed by atoms with E-state index >= 15 is 0 Å². The van der Waals surface area contributed by atoms with Gasteiger partial charge in [0, 0.05) is 23.6 Å². The summed E-state index contributed by atoms with van der Waals surface area (Å²) in [6.07, 6.45) is 0. The molecule has 0 fully saturated rings. The van der Waals surface area contributed by atoms with Crippen molar-refractivity contribution >= 4 is 15.9 Å². The number of likely N-dealkylation sites (N-methyl/N-ethyl adjacent to an activating group) is 1. The monoisotopic (exact) mass is 314 g/mol. The van der Waals surface area contributed by atoms with Gasteiger partial charge < -0.3 is 15.0 Å². The lowest BCUT2D eigenvalue weighted by Gasteiger charge is -2.15. The summed E-state index contributed by atoms with van der Waals surface area (Å²) in [5.74, 6) is 0.